The van der Waals surface area contributed by atoms with E-state index < -0.39 is 0 Å². The van der Waals surface area contributed by atoms with Crippen LogP contribution in [0.15, 0.2) is 30.3 Å². The maximum absolute atomic E-state index is 12.8. The molecule has 1 aromatic heterocycles. The molecule has 0 atom stereocenters. The highest BCUT2D eigenvalue weighted by atomic mass is 19.1. The molecule has 1 aromatic carbocycles. The molecule has 80 valence electrons. The van der Waals surface area contributed by atoms with Crippen molar-refractivity contribution in [3.05, 3.63) is 53.1 Å². The number of hydrogen-bond acceptors (Lipinski definition) is 1. The summed E-state index contributed by atoms with van der Waals surface area (Å²) in [6, 6.07) is 10.2. The Kier molecular flexibility index (Phi) is 2.49. The summed E-state index contributed by atoms with van der Waals surface area (Å²) in [6.07, 6.45) is 0. The van der Waals surface area contributed by atoms with Gasteiger partial charge in [-0.2, -0.15) is 5.26 Å². The van der Waals surface area contributed by atoms with E-state index in [9.17, 15) is 4.39 Å². The maximum atomic E-state index is 12.8. The van der Waals surface area contributed by atoms with Gasteiger partial charge in [0.05, 0.1) is 5.56 Å². The summed E-state index contributed by atoms with van der Waals surface area (Å²) in [7, 11) is 0. The lowest BCUT2D eigenvalue weighted by Gasteiger charge is -2.08. The number of nitrogens with zero attached hydrogens (tertiary/aromatic N) is 2. The van der Waals surface area contributed by atoms with Crippen molar-refractivity contribution in [2.24, 2.45) is 0 Å². The minimum Gasteiger partial charge on any atom is -0.317 e. The van der Waals surface area contributed by atoms with E-state index in [1.165, 1.54) is 12.1 Å². The summed E-state index contributed by atoms with van der Waals surface area (Å²) in [5.74, 6) is -0.258. The van der Waals surface area contributed by atoms with Crippen molar-refractivity contribution in [2.75, 3.05) is 0 Å². The van der Waals surface area contributed by atoms with Crippen molar-refractivity contribution in [1.29, 1.82) is 5.26 Å². The smallest absolute Gasteiger partial charge is 0.123 e. The van der Waals surface area contributed by atoms with Crippen LogP contribution in [-0.2, 0) is 0 Å². The van der Waals surface area contributed by atoms with Crippen LogP contribution in [0.3, 0.4) is 0 Å². The lowest BCUT2D eigenvalue weighted by molar-refractivity contribution is 0.627. The molecule has 0 saturated heterocycles. The van der Waals surface area contributed by atoms with Gasteiger partial charge < -0.3 is 4.57 Å². The first kappa shape index (κ1) is 10.4. The Balaban J connectivity index is 2.61. The molecule has 0 aliphatic rings. The first-order chi connectivity index (χ1) is 7.63. The highest BCUT2D eigenvalue weighted by molar-refractivity contribution is 5.45. The molecule has 0 aliphatic heterocycles. The fraction of sp³-hybridized carbons (Fsp3) is 0.154. The molecule has 0 fully saturated rings. The number of rotatable bonds is 1. The van der Waals surface area contributed by atoms with Crippen LogP contribution < -0.4 is 0 Å². The van der Waals surface area contributed by atoms with Gasteiger partial charge in [-0.15, -0.1) is 0 Å². The van der Waals surface area contributed by atoms with Crippen LogP contribution in [0.5, 0.6) is 0 Å². The topological polar surface area (TPSA) is 28.7 Å². The zero-order valence-corrected chi connectivity index (χ0v) is 9.16. The Labute approximate surface area is 93.6 Å². The molecule has 0 amide bonds. The lowest BCUT2D eigenvalue weighted by Crippen LogP contribution is -1.99. The SMILES string of the molecule is Cc1cc(C#N)c(C)n1-c1ccc(F)cc1. The molecule has 16 heavy (non-hydrogen) atoms. The van der Waals surface area contributed by atoms with Gasteiger partial charge in [0.15, 0.2) is 0 Å². The van der Waals surface area contributed by atoms with Crippen molar-refractivity contribution in [3.63, 3.8) is 0 Å². The fourth-order valence-electron chi connectivity index (χ4n) is 1.86. The second kappa shape index (κ2) is 3.82. The molecule has 0 N–H and O–H groups in total. The minimum atomic E-state index is -0.258. The van der Waals surface area contributed by atoms with Crippen LogP contribution in [-0.4, -0.2) is 4.57 Å². The van der Waals surface area contributed by atoms with Crippen LogP contribution in [0.25, 0.3) is 5.69 Å². The summed E-state index contributed by atoms with van der Waals surface area (Å²) >= 11 is 0. The highest BCUT2D eigenvalue weighted by Crippen LogP contribution is 2.20. The number of aromatic nitrogens is 1. The van der Waals surface area contributed by atoms with Gasteiger partial charge in [0, 0.05) is 17.1 Å². The van der Waals surface area contributed by atoms with E-state index in [4.69, 9.17) is 5.26 Å². The van der Waals surface area contributed by atoms with E-state index in [0.717, 1.165) is 17.1 Å². The van der Waals surface area contributed by atoms with Gasteiger partial charge in [0.2, 0.25) is 0 Å². The normalized spacial score (nSPS) is 10.1. The Morgan fingerprint density at radius 1 is 1.19 bits per heavy atom. The van der Waals surface area contributed by atoms with E-state index in [-0.39, 0.29) is 5.82 Å². The minimum absolute atomic E-state index is 0.258. The number of halogens is 1. The van der Waals surface area contributed by atoms with Crippen molar-refractivity contribution >= 4 is 0 Å². The molecular weight excluding hydrogens is 203 g/mol. The monoisotopic (exact) mass is 214 g/mol. The molecule has 2 aromatic rings. The second-order valence-corrected chi connectivity index (χ2v) is 3.71. The number of aryl methyl sites for hydroxylation is 1. The second-order valence-electron chi connectivity index (χ2n) is 3.71. The van der Waals surface area contributed by atoms with Gasteiger partial charge in [-0.05, 0) is 44.2 Å². The largest absolute Gasteiger partial charge is 0.317 e. The number of hydrogen-bond donors (Lipinski definition) is 0. The van der Waals surface area contributed by atoms with Gasteiger partial charge in [-0.1, -0.05) is 0 Å². The predicted molar refractivity (Wildman–Crippen MR) is 59.9 cm³/mol. The van der Waals surface area contributed by atoms with Crippen molar-refractivity contribution in [2.45, 2.75) is 13.8 Å². The van der Waals surface area contributed by atoms with Crippen LogP contribution >= 0.6 is 0 Å². The average molecular weight is 214 g/mol. The Morgan fingerprint density at radius 2 is 1.81 bits per heavy atom. The maximum Gasteiger partial charge on any atom is 0.123 e. The Hall–Kier alpha value is -2.08. The Morgan fingerprint density at radius 3 is 2.31 bits per heavy atom. The molecule has 0 saturated carbocycles. The van der Waals surface area contributed by atoms with Crippen LogP contribution in [0, 0.1) is 31.0 Å². The third kappa shape index (κ3) is 1.59. The summed E-state index contributed by atoms with van der Waals surface area (Å²) in [5.41, 5.74) is 3.38. The molecule has 2 rings (SSSR count). The molecule has 1 heterocycles. The average Bonchev–Trinajstić information content (AvgIpc) is 2.56. The van der Waals surface area contributed by atoms with E-state index in [1.54, 1.807) is 12.1 Å². The van der Waals surface area contributed by atoms with Crippen molar-refractivity contribution in [1.82, 2.24) is 4.57 Å². The van der Waals surface area contributed by atoms with Gasteiger partial charge >= 0.3 is 0 Å². The predicted octanol–water partition coefficient (Wildman–Crippen LogP) is 3.10. The summed E-state index contributed by atoms with van der Waals surface area (Å²) < 4.78 is 14.8. The molecule has 3 heteroatoms. The van der Waals surface area contributed by atoms with Crippen LogP contribution in [0.1, 0.15) is 17.0 Å². The fourth-order valence-corrected chi connectivity index (χ4v) is 1.86. The molecular formula is C13H11FN2. The Bertz CT molecular complexity index is 559. The van der Waals surface area contributed by atoms with E-state index in [1.807, 2.05) is 24.5 Å². The lowest BCUT2D eigenvalue weighted by atomic mass is 10.2. The molecule has 0 unspecified atom stereocenters. The molecule has 0 bridgehead atoms. The highest BCUT2D eigenvalue weighted by Gasteiger charge is 2.09. The quantitative estimate of drug-likeness (QED) is 0.717. The van der Waals surface area contributed by atoms with E-state index in [2.05, 4.69) is 6.07 Å². The number of nitriles is 1. The first-order valence-electron chi connectivity index (χ1n) is 4.98. The molecule has 0 radical (unpaired) electrons. The molecule has 0 aliphatic carbocycles. The van der Waals surface area contributed by atoms with Crippen LogP contribution in [0.4, 0.5) is 4.39 Å². The molecule has 0 spiro atoms. The van der Waals surface area contributed by atoms with Gasteiger partial charge in [-0.25, -0.2) is 4.39 Å². The zero-order valence-electron chi connectivity index (χ0n) is 9.16. The van der Waals surface area contributed by atoms with Crippen LogP contribution in [0.2, 0.25) is 0 Å². The van der Waals surface area contributed by atoms with Gasteiger partial charge in [0.1, 0.15) is 11.9 Å². The van der Waals surface area contributed by atoms with E-state index >= 15 is 0 Å². The van der Waals surface area contributed by atoms with Crippen molar-refractivity contribution in [3.8, 4) is 11.8 Å². The van der Waals surface area contributed by atoms with Gasteiger partial charge in [0.25, 0.3) is 0 Å². The molecule has 2 nitrogen and oxygen atoms in total. The summed E-state index contributed by atoms with van der Waals surface area (Å²) in [6.45, 7) is 3.81. The van der Waals surface area contributed by atoms with E-state index in [0.29, 0.717) is 5.56 Å². The third-order valence-electron chi connectivity index (χ3n) is 2.64. The third-order valence-corrected chi connectivity index (χ3v) is 2.64. The number of benzene rings is 1. The zero-order chi connectivity index (χ0) is 11.7. The summed E-state index contributed by atoms with van der Waals surface area (Å²) in [4.78, 5) is 0. The standard InChI is InChI=1S/C13H11FN2/c1-9-7-11(8-15)10(2)16(9)13-5-3-12(14)4-6-13/h3-7H,1-2H3. The summed E-state index contributed by atoms with van der Waals surface area (Å²) in [5, 5.41) is 8.92. The first-order valence-corrected chi connectivity index (χ1v) is 4.98. The van der Waals surface area contributed by atoms with Gasteiger partial charge in [-0.3, -0.25) is 0 Å². The van der Waals surface area contributed by atoms with Crippen molar-refractivity contribution < 1.29 is 4.39 Å².